The molecule has 0 saturated heterocycles. The number of aryl methyl sites for hydroxylation is 1. The van der Waals surface area contributed by atoms with Gasteiger partial charge in [-0.25, -0.2) is 0 Å². The molecule has 0 amide bonds. The molecule has 0 aliphatic rings. The van der Waals surface area contributed by atoms with Gasteiger partial charge in [0, 0.05) is 42.4 Å². The van der Waals surface area contributed by atoms with Crippen LogP contribution in [0, 0.1) is 0 Å². The molecule has 1 N–H and O–H groups in total. The van der Waals surface area contributed by atoms with Gasteiger partial charge in [-0.15, -0.1) is 0 Å². The largest absolute Gasteiger partial charge is 0.363 e. The van der Waals surface area contributed by atoms with E-state index in [0.717, 1.165) is 42.7 Å². The van der Waals surface area contributed by atoms with Crippen molar-refractivity contribution < 1.29 is 9.63 Å². The molecule has 5 rings (SSSR count). The van der Waals surface area contributed by atoms with Gasteiger partial charge in [-0.1, -0.05) is 140 Å². The van der Waals surface area contributed by atoms with Gasteiger partial charge in [-0.3, -0.25) is 15.1 Å². The molecule has 0 radical (unpaired) electrons. The number of anilines is 1. The SMILES string of the molecule is O=C(C=C(NOCc1ccccc1N(Cc1ccccc1)Cc1ccccc1)c1ccccc1)CCCc1ccccc1. The Labute approximate surface area is 255 Å². The van der Waals surface area contributed by atoms with E-state index in [-0.39, 0.29) is 5.78 Å². The summed E-state index contributed by atoms with van der Waals surface area (Å²) in [6.45, 7) is 1.88. The fraction of sp³-hybridized carbons (Fsp3) is 0.154. The number of carbonyl (C=O) groups is 1. The number of ketones is 1. The molecule has 0 aliphatic carbocycles. The molecule has 0 aliphatic heterocycles. The van der Waals surface area contributed by atoms with Crippen molar-refractivity contribution >= 4 is 17.2 Å². The fourth-order valence-corrected chi connectivity index (χ4v) is 5.10. The number of allylic oxidation sites excluding steroid dienone is 1. The average molecular weight is 567 g/mol. The van der Waals surface area contributed by atoms with Crippen LogP contribution in [0.3, 0.4) is 0 Å². The third-order valence-corrected chi connectivity index (χ3v) is 7.30. The fourth-order valence-electron chi connectivity index (χ4n) is 5.10. The standard InChI is InChI=1S/C39H38N2O2/c42-37(26-15-22-32-16-5-1-6-17-32)28-38(35-23-11-4-12-24-35)40-43-31-36-25-13-14-27-39(36)41(29-33-18-7-2-8-19-33)30-34-20-9-3-10-21-34/h1-14,16-21,23-25,27-28,40H,15,22,26,29-31H2. The van der Waals surface area contributed by atoms with Crippen LogP contribution in [0.25, 0.3) is 5.70 Å². The van der Waals surface area contributed by atoms with Crippen LogP contribution in [0.2, 0.25) is 0 Å². The van der Waals surface area contributed by atoms with E-state index in [1.165, 1.54) is 16.7 Å². The molecule has 5 aromatic rings. The van der Waals surface area contributed by atoms with Crippen LogP contribution < -0.4 is 10.4 Å². The molecule has 0 unspecified atom stereocenters. The number of carbonyl (C=O) groups excluding carboxylic acids is 1. The Morgan fingerprint density at radius 1 is 0.628 bits per heavy atom. The van der Waals surface area contributed by atoms with Gasteiger partial charge < -0.3 is 4.90 Å². The monoisotopic (exact) mass is 566 g/mol. The number of hydrogen-bond acceptors (Lipinski definition) is 4. The summed E-state index contributed by atoms with van der Waals surface area (Å²) >= 11 is 0. The highest BCUT2D eigenvalue weighted by Gasteiger charge is 2.14. The minimum atomic E-state index is 0.0724. The molecule has 0 saturated carbocycles. The van der Waals surface area contributed by atoms with Gasteiger partial charge in [0.15, 0.2) is 5.78 Å². The highest BCUT2D eigenvalue weighted by atomic mass is 16.6. The van der Waals surface area contributed by atoms with Gasteiger partial charge in [-0.05, 0) is 35.6 Å². The zero-order chi connectivity index (χ0) is 29.5. The molecule has 0 heterocycles. The molecule has 0 aromatic heterocycles. The van der Waals surface area contributed by atoms with Gasteiger partial charge in [0.05, 0.1) is 5.70 Å². The van der Waals surface area contributed by atoms with E-state index in [0.29, 0.717) is 18.7 Å². The Morgan fingerprint density at radius 2 is 1.14 bits per heavy atom. The Kier molecular flexibility index (Phi) is 10.9. The first-order valence-electron chi connectivity index (χ1n) is 14.9. The predicted molar refractivity (Wildman–Crippen MR) is 176 cm³/mol. The van der Waals surface area contributed by atoms with E-state index >= 15 is 0 Å². The maximum Gasteiger partial charge on any atom is 0.157 e. The summed E-state index contributed by atoms with van der Waals surface area (Å²) in [5.41, 5.74) is 10.6. The summed E-state index contributed by atoms with van der Waals surface area (Å²) in [5, 5.41) is 0. The van der Waals surface area contributed by atoms with Crippen LogP contribution in [-0.4, -0.2) is 5.78 Å². The van der Waals surface area contributed by atoms with Gasteiger partial charge in [0.1, 0.15) is 6.61 Å². The van der Waals surface area contributed by atoms with Crippen molar-refractivity contribution in [3.8, 4) is 0 Å². The van der Waals surface area contributed by atoms with Crippen molar-refractivity contribution in [2.45, 2.75) is 39.0 Å². The van der Waals surface area contributed by atoms with Crippen molar-refractivity contribution in [3.63, 3.8) is 0 Å². The quantitative estimate of drug-likeness (QED) is 0.102. The molecule has 0 spiro atoms. The lowest BCUT2D eigenvalue weighted by Crippen LogP contribution is -2.24. The van der Waals surface area contributed by atoms with Gasteiger partial charge in [0.25, 0.3) is 0 Å². The van der Waals surface area contributed by atoms with Crippen LogP contribution in [0.5, 0.6) is 0 Å². The zero-order valence-corrected chi connectivity index (χ0v) is 24.4. The second kappa shape index (κ2) is 15.9. The summed E-state index contributed by atoms with van der Waals surface area (Å²) < 4.78 is 0. The van der Waals surface area contributed by atoms with Crippen LogP contribution in [0.1, 0.15) is 40.7 Å². The van der Waals surface area contributed by atoms with E-state index < -0.39 is 0 Å². The van der Waals surface area contributed by atoms with Crippen molar-refractivity contribution in [2.75, 3.05) is 4.90 Å². The van der Waals surface area contributed by atoms with Gasteiger partial charge >= 0.3 is 0 Å². The Morgan fingerprint density at radius 3 is 1.74 bits per heavy atom. The Hall–Kier alpha value is -4.93. The number of para-hydroxylation sites is 1. The number of rotatable bonds is 15. The molecule has 43 heavy (non-hydrogen) atoms. The normalized spacial score (nSPS) is 11.2. The second-order valence-electron chi connectivity index (χ2n) is 10.6. The van der Waals surface area contributed by atoms with Gasteiger partial charge in [0.2, 0.25) is 0 Å². The molecule has 5 aromatic carbocycles. The number of nitrogens with zero attached hydrogens (tertiary/aromatic N) is 1. The lowest BCUT2D eigenvalue weighted by molar-refractivity contribution is -0.114. The van der Waals surface area contributed by atoms with Gasteiger partial charge in [-0.2, -0.15) is 0 Å². The number of nitrogens with one attached hydrogen (secondary N) is 1. The maximum absolute atomic E-state index is 13.0. The topological polar surface area (TPSA) is 41.6 Å². The van der Waals surface area contributed by atoms with Crippen molar-refractivity contribution in [1.29, 1.82) is 0 Å². The third kappa shape index (κ3) is 9.29. The first-order chi connectivity index (χ1) is 21.2. The van der Waals surface area contributed by atoms with Crippen LogP contribution >= 0.6 is 0 Å². The summed E-state index contributed by atoms with van der Waals surface area (Å²) in [6.07, 6.45) is 3.82. The van der Waals surface area contributed by atoms with E-state index in [9.17, 15) is 4.79 Å². The number of hydrogen-bond donors (Lipinski definition) is 1. The highest BCUT2D eigenvalue weighted by Crippen LogP contribution is 2.26. The van der Waals surface area contributed by atoms with Crippen molar-refractivity contribution in [2.24, 2.45) is 0 Å². The lowest BCUT2D eigenvalue weighted by Gasteiger charge is -2.28. The smallest absolute Gasteiger partial charge is 0.157 e. The second-order valence-corrected chi connectivity index (χ2v) is 10.6. The summed E-state index contributed by atoms with van der Waals surface area (Å²) in [7, 11) is 0. The van der Waals surface area contributed by atoms with Crippen LogP contribution in [-0.2, 0) is 35.7 Å². The first kappa shape index (κ1) is 29.6. The molecule has 0 fully saturated rings. The van der Waals surface area contributed by atoms with E-state index in [1.807, 2.05) is 66.7 Å². The summed E-state index contributed by atoms with van der Waals surface area (Å²) in [5.74, 6) is 0.0724. The number of hydroxylamine groups is 1. The van der Waals surface area contributed by atoms with Crippen LogP contribution in [0.4, 0.5) is 5.69 Å². The van der Waals surface area contributed by atoms with Crippen molar-refractivity contribution in [3.05, 3.63) is 179 Å². The average Bonchev–Trinajstić information content (AvgIpc) is 3.06. The first-order valence-corrected chi connectivity index (χ1v) is 14.9. The van der Waals surface area contributed by atoms with Crippen molar-refractivity contribution in [1.82, 2.24) is 5.48 Å². The molecule has 0 atom stereocenters. The molecule has 4 heteroatoms. The minimum Gasteiger partial charge on any atom is -0.363 e. The zero-order valence-electron chi connectivity index (χ0n) is 24.4. The van der Waals surface area contributed by atoms with E-state index in [1.54, 1.807) is 6.08 Å². The Balaban J connectivity index is 1.29. The summed E-state index contributed by atoms with van der Waals surface area (Å²) in [4.78, 5) is 21.4. The minimum absolute atomic E-state index is 0.0724. The van der Waals surface area contributed by atoms with Crippen LogP contribution in [0.15, 0.2) is 152 Å². The molecule has 0 bridgehead atoms. The van der Waals surface area contributed by atoms with E-state index in [4.69, 9.17) is 4.84 Å². The molecular weight excluding hydrogens is 528 g/mol. The Bertz CT molecular complexity index is 1530. The highest BCUT2D eigenvalue weighted by molar-refractivity contribution is 5.96. The lowest BCUT2D eigenvalue weighted by atomic mass is 10.1. The maximum atomic E-state index is 13.0. The van der Waals surface area contributed by atoms with E-state index in [2.05, 4.69) is 89.2 Å². The molecule has 216 valence electrons. The predicted octanol–water partition coefficient (Wildman–Crippen LogP) is 8.55. The molecule has 4 nitrogen and oxygen atoms in total. The third-order valence-electron chi connectivity index (χ3n) is 7.30. The summed E-state index contributed by atoms with van der Waals surface area (Å²) in [6, 6.07) is 49.5. The number of benzene rings is 5. The molecular formula is C39H38N2O2.